The Bertz CT molecular complexity index is 443. The van der Waals surface area contributed by atoms with Gasteiger partial charge in [0.15, 0.2) is 0 Å². The van der Waals surface area contributed by atoms with E-state index in [1.165, 1.54) is 6.07 Å². The van der Waals surface area contributed by atoms with Gasteiger partial charge in [-0.15, -0.1) is 0 Å². The van der Waals surface area contributed by atoms with Crippen LogP contribution in [0.15, 0.2) is 17.0 Å². The molecule has 0 aliphatic heterocycles. The molecular weight excluding hydrogens is 237 g/mol. The van der Waals surface area contributed by atoms with E-state index in [9.17, 15) is 8.42 Å². The summed E-state index contributed by atoms with van der Waals surface area (Å²) in [5, 5.41) is -0.360. The third-order valence-electron chi connectivity index (χ3n) is 1.35. The first-order valence-electron chi connectivity index (χ1n) is 3.05. The Morgan fingerprint density at radius 1 is 1.23 bits per heavy atom. The Balaban J connectivity index is 3.53. The molecule has 0 unspecified atom stereocenters. The van der Waals surface area contributed by atoms with E-state index in [2.05, 4.69) is 0 Å². The molecule has 0 aromatic heterocycles. The summed E-state index contributed by atoms with van der Waals surface area (Å²) in [6.45, 7) is 0. The van der Waals surface area contributed by atoms with Gasteiger partial charge in [0.2, 0.25) is 0 Å². The van der Waals surface area contributed by atoms with Crippen molar-refractivity contribution in [2.75, 3.05) is 5.73 Å². The van der Waals surface area contributed by atoms with Gasteiger partial charge in [0.25, 0.3) is 10.1 Å². The molecule has 3 N–H and O–H groups in total. The smallest absolute Gasteiger partial charge is 0.296 e. The third-order valence-corrected chi connectivity index (χ3v) is 3.26. The highest BCUT2D eigenvalue weighted by atomic mass is 35.5. The summed E-state index contributed by atoms with van der Waals surface area (Å²) in [5.74, 6) is 0. The van der Waals surface area contributed by atoms with Crippen LogP contribution in [-0.2, 0) is 10.1 Å². The summed E-state index contributed by atoms with van der Waals surface area (Å²) < 4.78 is 30.1. The maximum atomic E-state index is 10.7. The second kappa shape index (κ2) is 3.34. The van der Waals surface area contributed by atoms with E-state index in [4.69, 9.17) is 33.5 Å². The molecule has 0 spiro atoms. The van der Waals surface area contributed by atoms with Crippen LogP contribution < -0.4 is 5.73 Å². The molecule has 4 nitrogen and oxygen atoms in total. The largest absolute Gasteiger partial charge is 0.397 e. The van der Waals surface area contributed by atoms with Crippen molar-refractivity contribution in [2.45, 2.75) is 4.90 Å². The predicted molar refractivity (Wildman–Crippen MR) is 50.7 cm³/mol. The lowest BCUT2D eigenvalue weighted by molar-refractivity contribution is 0.483. The fourth-order valence-corrected chi connectivity index (χ4v) is 2.00. The van der Waals surface area contributed by atoms with Crippen LogP contribution in [0.2, 0.25) is 10.0 Å². The number of hydrogen-bond acceptors (Lipinski definition) is 3. The first-order chi connectivity index (χ1) is 5.84. The van der Waals surface area contributed by atoms with Crippen LogP contribution in [0, 0.1) is 0 Å². The molecule has 0 saturated carbocycles. The Kier molecular flexibility index (Phi) is 2.72. The van der Waals surface area contributed by atoms with E-state index in [1.807, 2.05) is 0 Å². The molecule has 0 fully saturated rings. The van der Waals surface area contributed by atoms with Crippen LogP contribution in [0.25, 0.3) is 0 Å². The zero-order chi connectivity index (χ0) is 10.2. The average Bonchev–Trinajstić information content (AvgIpc) is 1.98. The van der Waals surface area contributed by atoms with Crippen molar-refractivity contribution < 1.29 is 13.0 Å². The van der Waals surface area contributed by atoms with Gasteiger partial charge in [-0.2, -0.15) is 8.42 Å². The molecule has 0 saturated heterocycles. The summed E-state index contributed by atoms with van der Waals surface area (Å²) in [6, 6.07) is 2.33. The lowest BCUT2D eigenvalue weighted by Crippen LogP contribution is -2.00. The Morgan fingerprint density at radius 3 is 2.23 bits per heavy atom. The summed E-state index contributed by atoms with van der Waals surface area (Å²) in [4.78, 5) is -0.451. The number of rotatable bonds is 1. The normalized spacial score (nSPS) is 11.6. The van der Waals surface area contributed by atoms with Gasteiger partial charge in [0.1, 0.15) is 4.90 Å². The summed E-state index contributed by atoms with van der Waals surface area (Å²) in [6.07, 6.45) is 0. The van der Waals surface area contributed by atoms with Crippen LogP contribution in [0.4, 0.5) is 5.69 Å². The summed E-state index contributed by atoms with van der Waals surface area (Å²) in [5.41, 5.74) is 5.49. The zero-order valence-corrected chi connectivity index (χ0v) is 8.49. The highest BCUT2D eigenvalue weighted by molar-refractivity contribution is 7.86. The first kappa shape index (κ1) is 10.6. The van der Waals surface area contributed by atoms with E-state index in [0.29, 0.717) is 0 Å². The maximum Gasteiger partial charge on any atom is 0.296 e. The number of nitrogens with two attached hydrogens (primary N) is 1. The molecule has 0 bridgehead atoms. The van der Waals surface area contributed by atoms with Crippen LogP contribution in [0.3, 0.4) is 0 Å². The van der Waals surface area contributed by atoms with E-state index in [1.54, 1.807) is 0 Å². The second-order valence-electron chi connectivity index (χ2n) is 2.26. The van der Waals surface area contributed by atoms with Gasteiger partial charge in [-0.3, -0.25) is 4.55 Å². The third kappa shape index (κ3) is 2.05. The molecule has 0 amide bonds. The molecule has 13 heavy (non-hydrogen) atoms. The fourth-order valence-electron chi connectivity index (χ4n) is 0.746. The zero-order valence-electron chi connectivity index (χ0n) is 6.16. The minimum absolute atomic E-state index is 0.0863. The average molecular weight is 242 g/mol. The molecule has 1 rings (SSSR count). The number of anilines is 1. The molecular formula is C6H5Cl2NO3S. The SMILES string of the molecule is Nc1ccc(S(=O)(=O)O)c(Cl)c1Cl. The Labute approximate surface area is 85.0 Å². The fraction of sp³-hybridized carbons (Fsp3) is 0. The van der Waals surface area contributed by atoms with Gasteiger partial charge in [0, 0.05) is 0 Å². The van der Waals surface area contributed by atoms with E-state index in [-0.39, 0.29) is 15.7 Å². The minimum Gasteiger partial charge on any atom is -0.397 e. The van der Waals surface area contributed by atoms with Crippen molar-refractivity contribution in [3.63, 3.8) is 0 Å². The predicted octanol–water partition coefficient (Wildman–Crippen LogP) is 1.82. The standard InChI is InChI=1S/C6H5Cl2NO3S/c7-5-3(9)1-2-4(6(5)8)13(10,11)12/h1-2H,9H2,(H,10,11,12). The van der Waals surface area contributed by atoms with E-state index < -0.39 is 15.0 Å². The van der Waals surface area contributed by atoms with Crippen molar-refractivity contribution in [2.24, 2.45) is 0 Å². The molecule has 1 aromatic rings. The van der Waals surface area contributed by atoms with Crippen LogP contribution in [-0.4, -0.2) is 13.0 Å². The van der Waals surface area contributed by atoms with Crippen molar-refractivity contribution in [1.82, 2.24) is 0 Å². The van der Waals surface area contributed by atoms with Crippen molar-refractivity contribution >= 4 is 39.0 Å². The second-order valence-corrected chi connectivity index (χ2v) is 4.40. The number of hydrogen-bond donors (Lipinski definition) is 2. The summed E-state index contributed by atoms with van der Waals surface area (Å²) >= 11 is 11.1. The molecule has 0 aliphatic carbocycles. The van der Waals surface area contributed by atoms with Crippen molar-refractivity contribution in [3.05, 3.63) is 22.2 Å². The Morgan fingerprint density at radius 2 is 1.77 bits per heavy atom. The van der Waals surface area contributed by atoms with Gasteiger partial charge < -0.3 is 5.73 Å². The van der Waals surface area contributed by atoms with Gasteiger partial charge in [0.05, 0.1) is 15.7 Å². The summed E-state index contributed by atoms with van der Waals surface area (Å²) in [7, 11) is -4.34. The molecule has 0 radical (unpaired) electrons. The van der Waals surface area contributed by atoms with E-state index in [0.717, 1.165) is 6.07 Å². The number of nitrogen functional groups attached to an aromatic ring is 1. The Hall–Kier alpha value is -0.490. The molecule has 0 atom stereocenters. The molecule has 0 heterocycles. The lowest BCUT2D eigenvalue weighted by atomic mass is 10.3. The van der Waals surface area contributed by atoms with Crippen LogP contribution >= 0.6 is 23.2 Å². The van der Waals surface area contributed by atoms with Gasteiger partial charge in [-0.1, -0.05) is 23.2 Å². The van der Waals surface area contributed by atoms with Crippen LogP contribution in [0.5, 0.6) is 0 Å². The van der Waals surface area contributed by atoms with Crippen LogP contribution in [0.1, 0.15) is 0 Å². The molecule has 1 aromatic carbocycles. The van der Waals surface area contributed by atoms with Gasteiger partial charge >= 0.3 is 0 Å². The van der Waals surface area contributed by atoms with Gasteiger partial charge in [-0.05, 0) is 12.1 Å². The molecule has 7 heteroatoms. The number of benzene rings is 1. The quantitative estimate of drug-likeness (QED) is 0.581. The highest BCUT2D eigenvalue weighted by Crippen LogP contribution is 2.33. The number of halogens is 2. The van der Waals surface area contributed by atoms with Gasteiger partial charge in [-0.25, -0.2) is 0 Å². The highest BCUT2D eigenvalue weighted by Gasteiger charge is 2.17. The monoisotopic (exact) mass is 241 g/mol. The minimum atomic E-state index is -4.34. The van der Waals surface area contributed by atoms with Crippen molar-refractivity contribution in [3.8, 4) is 0 Å². The molecule has 72 valence electrons. The first-order valence-corrected chi connectivity index (χ1v) is 5.24. The topological polar surface area (TPSA) is 80.4 Å². The van der Waals surface area contributed by atoms with Crippen molar-refractivity contribution in [1.29, 1.82) is 0 Å². The molecule has 0 aliphatic rings. The lowest BCUT2D eigenvalue weighted by Gasteiger charge is -2.04. The van der Waals surface area contributed by atoms with E-state index >= 15 is 0 Å². The maximum absolute atomic E-state index is 10.7.